The molecule has 128 valence electrons. The van der Waals surface area contributed by atoms with Crippen LogP contribution in [0.25, 0.3) is 11.5 Å². The van der Waals surface area contributed by atoms with Gasteiger partial charge in [-0.1, -0.05) is 18.0 Å². The normalized spacial score (nSPS) is 18.4. The van der Waals surface area contributed by atoms with E-state index in [0.717, 1.165) is 25.7 Å². The van der Waals surface area contributed by atoms with E-state index in [1.165, 1.54) is 19.2 Å². The third kappa shape index (κ3) is 3.62. The van der Waals surface area contributed by atoms with Gasteiger partial charge in [0.05, 0.1) is 6.04 Å². The molecule has 0 radical (unpaired) electrons. The fourth-order valence-corrected chi connectivity index (χ4v) is 2.96. The second-order valence-electron chi connectivity index (χ2n) is 5.85. The Balaban J connectivity index is 1.85. The highest BCUT2D eigenvalue weighted by molar-refractivity contribution is 5.77. The number of benzene rings is 1. The number of hydrogen-bond acceptors (Lipinski definition) is 5. The average molecular weight is 333 g/mol. The van der Waals surface area contributed by atoms with Gasteiger partial charge in [0.2, 0.25) is 5.91 Å². The summed E-state index contributed by atoms with van der Waals surface area (Å²) in [5.74, 6) is 0.421. The number of likely N-dealkylation sites (tertiary alicyclic amines) is 1. The van der Waals surface area contributed by atoms with Crippen LogP contribution in [-0.4, -0.2) is 41.2 Å². The Morgan fingerprint density at radius 3 is 2.88 bits per heavy atom. The summed E-state index contributed by atoms with van der Waals surface area (Å²) in [6, 6.07) is 5.66. The van der Waals surface area contributed by atoms with Crippen LogP contribution in [0.4, 0.5) is 4.39 Å². The van der Waals surface area contributed by atoms with E-state index in [-0.39, 0.29) is 24.4 Å². The minimum atomic E-state index is -0.321. The van der Waals surface area contributed by atoms with Crippen molar-refractivity contribution >= 4 is 5.91 Å². The van der Waals surface area contributed by atoms with Crippen molar-refractivity contribution in [2.24, 2.45) is 0 Å². The lowest BCUT2D eigenvalue weighted by atomic mass is 10.1. The minimum absolute atomic E-state index is 0.0408. The number of hydrogen-bond donors (Lipinski definition) is 0. The van der Waals surface area contributed by atoms with Crippen LogP contribution in [0.2, 0.25) is 0 Å². The molecule has 0 spiro atoms. The second-order valence-corrected chi connectivity index (χ2v) is 5.85. The van der Waals surface area contributed by atoms with Gasteiger partial charge in [-0.15, -0.1) is 0 Å². The van der Waals surface area contributed by atoms with Gasteiger partial charge in [-0.2, -0.15) is 4.98 Å². The van der Waals surface area contributed by atoms with Gasteiger partial charge in [0.15, 0.2) is 5.82 Å². The van der Waals surface area contributed by atoms with Gasteiger partial charge in [0.1, 0.15) is 12.4 Å². The Morgan fingerprint density at radius 1 is 1.33 bits per heavy atom. The van der Waals surface area contributed by atoms with Gasteiger partial charge < -0.3 is 14.2 Å². The van der Waals surface area contributed by atoms with Gasteiger partial charge >= 0.3 is 0 Å². The Morgan fingerprint density at radius 2 is 2.12 bits per heavy atom. The van der Waals surface area contributed by atoms with Crippen molar-refractivity contribution in [3.05, 3.63) is 35.9 Å². The van der Waals surface area contributed by atoms with Crippen molar-refractivity contribution in [3.63, 3.8) is 0 Å². The van der Waals surface area contributed by atoms with Crippen LogP contribution in [0.15, 0.2) is 28.8 Å². The zero-order valence-corrected chi connectivity index (χ0v) is 13.6. The smallest absolute Gasteiger partial charge is 0.258 e. The first-order valence-electron chi connectivity index (χ1n) is 8.07. The molecular weight excluding hydrogens is 313 g/mol. The SMILES string of the molecule is COCC(=O)N1CCCCC[C@H]1c1noc(-c2ccc(F)cc2)n1. The van der Waals surface area contributed by atoms with E-state index in [9.17, 15) is 9.18 Å². The summed E-state index contributed by atoms with van der Waals surface area (Å²) in [7, 11) is 1.51. The number of nitrogens with zero attached hydrogens (tertiary/aromatic N) is 3. The van der Waals surface area contributed by atoms with Gasteiger partial charge in [-0.05, 0) is 37.1 Å². The number of carbonyl (C=O) groups is 1. The molecule has 1 saturated heterocycles. The van der Waals surface area contributed by atoms with Crippen LogP contribution in [0.3, 0.4) is 0 Å². The molecule has 0 bridgehead atoms. The highest BCUT2D eigenvalue weighted by Crippen LogP contribution is 2.30. The number of carbonyl (C=O) groups excluding carboxylic acids is 1. The molecule has 1 aliphatic heterocycles. The largest absolute Gasteiger partial charge is 0.375 e. The van der Waals surface area contributed by atoms with Crippen molar-refractivity contribution in [1.29, 1.82) is 0 Å². The number of amides is 1. The van der Waals surface area contributed by atoms with Crippen molar-refractivity contribution in [2.45, 2.75) is 31.7 Å². The van der Waals surface area contributed by atoms with Crippen LogP contribution in [0.5, 0.6) is 0 Å². The summed E-state index contributed by atoms with van der Waals surface area (Å²) < 4.78 is 23.3. The number of methoxy groups -OCH3 is 1. The molecule has 1 aromatic heterocycles. The third-order valence-electron chi connectivity index (χ3n) is 4.17. The van der Waals surface area contributed by atoms with E-state index in [1.807, 2.05) is 0 Å². The minimum Gasteiger partial charge on any atom is -0.375 e. The number of halogens is 1. The predicted molar refractivity (Wildman–Crippen MR) is 84.5 cm³/mol. The number of rotatable bonds is 4. The maximum Gasteiger partial charge on any atom is 0.258 e. The molecule has 0 unspecified atom stereocenters. The Hall–Kier alpha value is -2.28. The zero-order valence-electron chi connectivity index (χ0n) is 13.6. The lowest BCUT2D eigenvalue weighted by Crippen LogP contribution is -2.37. The number of ether oxygens (including phenoxy) is 1. The summed E-state index contributed by atoms with van der Waals surface area (Å²) >= 11 is 0. The Bertz CT molecular complexity index is 687. The van der Waals surface area contributed by atoms with Gasteiger partial charge in [-0.3, -0.25) is 4.79 Å². The molecule has 0 aliphatic carbocycles. The van der Waals surface area contributed by atoms with Crippen molar-refractivity contribution in [1.82, 2.24) is 15.0 Å². The first kappa shape index (κ1) is 16.6. The Labute approximate surface area is 139 Å². The molecule has 7 heteroatoms. The molecule has 0 N–H and O–H groups in total. The highest BCUT2D eigenvalue weighted by atomic mass is 19.1. The molecule has 1 aromatic carbocycles. The quantitative estimate of drug-likeness (QED) is 0.860. The molecule has 3 rings (SSSR count). The van der Waals surface area contributed by atoms with E-state index in [4.69, 9.17) is 9.26 Å². The van der Waals surface area contributed by atoms with Crippen LogP contribution in [0, 0.1) is 5.82 Å². The molecule has 2 heterocycles. The van der Waals surface area contributed by atoms with E-state index < -0.39 is 0 Å². The monoisotopic (exact) mass is 333 g/mol. The second kappa shape index (κ2) is 7.53. The molecule has 6 nitrogen and oxygen atoms in total. The zero-order chi connectivity index (χ0) is 16.9. The fourth-order valence-electron chi connectivity index (χ4n) is 2.96. The molecule has 1 aliphatic rings. The van der Waals surface area contributed by atoms with E-state index >= 15 is 0 Å². The van der Waals surface area contributed by atoms with Crippen molar-refractivity contribution in [3.8, 4) is 11.5 Å². The lowest BCUT2D eigenvalue weighted by Gasteiger charge is -2.27. The molecule has 24 heavy (non-hydrogen) atoms. The summed E-state index contributed by atoms with van der Waals surface area (Å²) in [6.07, 6.45) is 3.81. The summed E-state index contributed by atoms with van der Waals surface area (Å²) in [5.41, 5.74) is 0.651. The fraction of sp³-hybridized carbons (Fsp3) is 0.471. The maximum atomic E-state index is 13.0. The summed E-state index contributed by atoms with van der Waals surface area (Å²) in [6.45, 7) is 0.701. The molecule has 0 saturated carbocycles. The van der Waals surface area contributed by atoms with E-state index in [0.29, 0.717) is 23.8 Å². The van der Waals surface area contributed by atoms with Gasteiger partial charge in [0.25, 0.3) is 5.89 Å². The first-order chi connectivity index (χ1) is 11.7. The molecular formula is C17H20FN3O3. The van der Waals surface area contributed by atoms with Crippen LogP contribution in [0.1, 0.15) is 37.5 Å². The third-order valence-corrected chi connectivity index (χ3v) is 4.17. The van der Waals surface area contributed by atoms with Crippen molar-refractivity contribution < 1.29 is 18.4 Å². The molecule has 1 amide bonds. The first-order valence-corrected chi connectivity index (χ1v) is 8.07. The topological polar surface area (TPSA) is 68.5 Å². The summed E-state index contributed by atoms with van der Waals surface area (Å²) in [4.78, 5) is 18.5. The number of aromatic nitrogens is 2. The van der Waals surface area contributed by atoms with Crippen LogP contribution < -0.4 is 0 Å². The average Bonchev–Trinajstić information content (AvgIpc) is 2.93. The maximum absolute atomic E-state index is 13.0. The summed E-state index contributed by atoms with van der Waals surface area (Å²) in [5, 5.41) is 4.06. The van der Waals surface area contributed by atoms with Gasteiger partial charge in [0, 0.05) is 19.2 Å². The lowest BCUT2D eigenvalue weighted by molar-refractivity contribution is -0.137. The van der Waals surface area contributed by atoms with Crippen molar-refractivity contribution in [2.75, 3.05) is 20.3 Å². The highest BCUT2D eigenvalue weighted by Gasteiger charge is 2.30. The van der Waals surface area contributed by atoms with E-state index in [2.05, 4.69) is 10.1 Å². The van der Waals surface area contributed by atoms with Crippen LogP contribution >= 0.6 is 0 Å². The predicted octanol–water partition coefficient (Wildman–Crippen LogP) is 2.97. The molecule has 2 aromatic rings. The molecule has 1 atom stereocenters. The van der Waals surface area contributed by atoms with E-state index in [1.54, 1.807) is 17.0 Å². The molecule has 1 fully saturated rings. The van der Waals surface area contributed by atoms with Gasteiger partial charge in [-0.25, -0.2) is 4.39 Å². The van der Waals surface area contributed by atoms with Crippen LogP contribution in [-0.2, 0) is 9.53 Å². The Kier molecular flexibility index (Phi) is 5.20. The standard InChI is InChI=1S/C17H20FN3O3/c1-23-11-15(22)21-10-4-2-3-5-14(21)16-19-17(24-20-16)12-6-8-13(18)9-7-12/h6-9,14H,2-5,10-11H2,1H3/t14-/m0/s1.